The number of aryl methyl sites for hydroxylation is 4. The summed E-state index contributed by atoms with van der Waals surface area (Å²) in [5.41, 5.74) is 14.8. The molecule has 190 valence electrons. The molecule has 6 aromatic carbocycles. The maximum absolute atomic E-state index is 2.41. The molecule has 2 aliphatic rings. The number of hydrogen-bond donors (Lipinski definition) is 0. The predicted octanol–water partition coefficient (Wildman–Crippen LogP) is 10.0. The van der Waals surface area contributed by atoms with E-state index in [4.69, 9.17) is 0 Å². The first-order valence-electron chi connectivity index (χ1n) is 14.2. The molecule has 0 saturated heterocycles. The Morgan fingerprint density at radius 2 is 0.923 bits per heavy atom. The minimum atomic E-state index is 0. The normalized spacial score (nSPS) is 13.6. The maximum atomic E-state index is 2.41. The Hall–Kier alpha value is -3.02. The van der Waals surface area contributed by atoms with Crippen molar-refractivity contribution >= 4 is 21.5 Å². The molecular formula is C38H34Zr. The minimum Gasteiger partial charge on any atom is -0.165 e. The van der Waals surface area contributed by atoms with Crippen molar-refractivity contribution in [2.75, 3.05) is 0 Å². The molecule has 8 rings (SSSR count). The molecule has 0 nitrogen and oxygen atoms in total. The monoisotopic (exact) mass is 580 g/mol. The van der Waals surface area contributed by atoms with Gasteiger partial charge in [0.05, 0.1) is 0 Å². The topological polar surface area (TPSA) is 0 Å². The molecule has 0 bridgehead atoms. The zero-order valence-corrected chi connectivity index (χ0v) is 25.4. The molecule has 2 aliphatic carbocycles. The van der Waals surface area contributed by atoms with Gasteiger partial charge in [-0.2, -0.15) is 12.1 Å². The van der Waals surface area contributed by atoms with Gasteiger partial charge in [-0.15, -0.1) is 56.9 Å². The summed E-state index contributed by atoms with van der Waals surface area (Å²) < 4.78 is 0. The molecule has 0 aromatic heterocycles. The number of rotatable bonds is 2. The van der Waals surface area contributed by atoms with Gasteiger partial charge in [-0.05, 0) is 49.7 Å². The van der Waals surface area contributed by atoms with Gasteiger partial charge in [0.2, 0.25) is 0 Å². The van der Waals surface area contributed by atoms with E-state index in [9.17, 15) is 0 Å². The van der Waals surface area contributed by atoms with Crippen LogP contribution in [0.4, 0.5) is 0 Å². The van der Waals surface area contributed by atoms with Crippen molar-refractivity contribution in [1.82, 2.24) is 0 Å². The van der Waals surface area contributed by atoms with Gasteiger partial charge < -0.3 is 0 Å². The Morgan fingerprint density at radius 1 is 0.513 bits per heavy atom. The largest absolute Gasteiger partial charge is 2.00 e. The average molecular weight is 582 g/mol. The summed E-state index contributed by atoms with van der Waals surface area (Å²) in [5.74, 6) is 0. The maximum Gasteiger partial charge on any atom is 2.00 e. The van der Waals surface area contributed by atoms with E-state index in [0.717, 1.165) is 0 Å². The van der Waals surface area contributed by atoms with E-state index in [2.05, 4.69) is 111 Å². The van der Waals surface area contributed by atoms with Crippen LogP contribution in [0.15, 0.2) is 97.1 Å². The molecule has 0 radical (unpaired) electrons. The fraction of sp³-hybridized carbons (Fsp3) is 0.211. The number of benzene rings is 4. The van der Waals surface area contributed by atoms with Gasteiger partial charge in [0.25, 0.3) is 0 Å². The Morgan fingerprint density at radius 3 is 1.33 bits per heavy atom. The van der Waals surface area contributed by atoms with Crippen molar-refractivity contribution in [3.05, 3.63) is 130 Å². The van der Waals surface area contributed by atoms with Crippen LogP contribution in [0.2, 0.25) is 0 Å². The van der Waals surface area contributed by atoms with Crippen LogP contribution in [-0.4, -0.2) is 0 Å². The second-order valence-electron chi connectivity index (χ2n) is 11.3. The van der Waals surface area contributed by atoms with Gasteiger partial charge in [-0.3, -0.25) is 0 Å². The fourth-order valence-corrected chi connectivity index (χ4v) is 7.02. The summed E-state index contributed by atoms with van der Waals surface area (Å²) in [7, 11) is 0. The van der Waals surface area contributed by atoms with E-state index in [1.165, 1.54) is 93.5 Å². The smallest absolute Gasteiger partial charge is 0.165 e. The standard InChI is InChI=1S/2C19H17.Zr/c2*1-13-10-16-12-15-8-5-9-17(15)19(18(16)11-13)14-6-3-2-4-7-14;/h2*2-4,6-7,10-12H,5,8-9H2,1H3;/q2*-1;+2. The second-order valence-corrected chi connectivity index (χ2v) is 11.3. The molecule has 0 amide bonds. The van der Waals surface area contributed by atoms with Crippen molar-refractivity contribution < 1.29 is 26.2 Å². The van der Waals surface area contributed by atoms with E-state index < -0.39 is 0 Å². The first kappa shape index (κ1) is 26.2. The third-order valence-corrected chi connectivity index (χ3v) is 8.58. The molecule has 0 fully saturated rings. The molecule has 0 heterocycles. The van der Waals surface area contributed by atoms with E-state index >= 15 is 0 Å². The molecular weight excluding hydrogens is 548 g/mol. The van der Waals surface area contributed by atoms with Crippen LogP contribution in [-0.2, 0) is 51.9 Å². The molecule has 0 spiro atoms. The molecule has 0 aliphatic heterocycles. The van der Waals surface area contributed by atoms with Gasteiger partial charge in [0, 0.05) is 0 Å². The molecule has 0 saturated carbocycles. The molecule has 6 aromatic rings. The van der Waals surface area contributed by atoms with E-state index in [1.807, 2.05) is 0 Å². The second kappa shape index (κ2) is 10.9. The van der Waals surface area contributed by atoms with Gasteiger partial charge in [0.1, 0.15) is 0 Å². The third kappa shape index (κ3) is 4.81. The summed E-state index contributed by atoms with van der Waals surface area (Å²) in [6.07, 6.45) is 7.58. The summed E-state index contributed by atoms with van der Waals surface area (Å²) in [6, 6.07) is 35.9. The van der Waals surface area contributed by atoms with Crippen LogP contribution >= 0.6 is 0 Å². The van der Waals surface area contributed by atoms with Gasteiger partial charge >= 0.3 is 26.2 Å². The van der Waals surface area contributed by atoms with Crippen LogP contribution in [0.25, 0.3) is 43.8 Å². The minimum absolute atomic E-state index is 0. The molecule has 1 heteroatoms. The number of fused-ring (bicyclic) bond motifs is 4. The molecule has 39 heavy (non-hydrogen) atoms. The predicted molar refractivity (Wildman–Crippen MR) is 163 cm³/mol. The van der Waals surface area contributed by atoms with Gasteiger partial charge in [0.15, 0.2) is 0 Å². The Labute approximate surface area is 251 Å². The van der Waals surface area contributed by atoms with Crippen LogP contribution < -0.4 is 0 Å². The van der Waals surface area contributed by atoms with Crippen molar-refractivity contribution in [2.24, 2.45) is 0 Å². The zero-order chi connectivity index (χ0) is 25.6. The van der Waals surface area contributed by atoms with E-state index in [1.54, 1.807) is 22.3 Å². The quantitative estimate of drug-likeness (QED) is 0.179. The first-order chi connectivity index (χ1) is 18.7. The van der Waals surface area contributed by atoms with Crippen molar-refractivity contribution in [1.29, 1.82) is 0 Å². The van der Waals surface area contributed by atoms with Crippen LogP contribution in [0.3, 0.4) is 0 Å². The fourth-order valence-electron chi connectivity index (χ4n) is 7.02. The van der Waals surface area contributed by atoms with Crippen molar-refractivity contribution in [3.63, 3.8) is 0 Å². The van der Waals surface area contributed by atoms with Crippen LogP contribution in [0.5, 0.6) is 0 Å². The van der Waals surface area contributed by atoms with Gasteiger partial charge in [-0.1, -0.05) is 108 Å². The Bertz CT molecular complexity index is 1630. The summed E-state index contributed by atoms with van der Waals surface area (Å²) >= 11 is 0. The Kier molecular flexibility index (Phi) is 7.30. The molecule has 0 unspecified atom stereocenters. The van der Waals surface area contributed by atoms with E-state index in [0.29, 0.717) is 0 Å². The zero-order valence-electron chi connectivity index (χ0n) is 23.0. The SMILES string of the molecule is Cc1cc2c(-c3ccccc3)c3c(cc2[cH-]1)CCC3.Cc1cc2c(-c3ccccc3)c3c(cc2[cH-]1)CCC3.[Zr+2]. The number of hydrogen-bond acceptors (Lipinski definition) is 0. The van der Waals surface area contributed by atoms with Crippen molar-refractivity contribution in [2.45, 2.75) is 52.4 Å². The molecule has 0 atom stereocenters. The van der Waals surface area contributed by atoms with Crippen LogP contribution in [0.1, 0.15) is 46.2 Å². The van der Waals surface area contributed by atoms with Crippen molar-refractivity contribution in [3.8, 4) is 22.3 Å². The summed E-state index contributed by atoms with van der Waals surface area (Å²) in [6.45, 7) is 4.39. The molecule has 0 N–H and O–H groups in total. The summed E-state index contributed by atoms with van der Waals surface area (Å²) in [5, 5.41) is 5.70. The van der Waals surface area contributed by atoms with E-state index in [-0.39, 0.29) is 26.2 Å². The average Bonchev–Trinajstić information content (AvgIpc) is 3.73. The van der Waals surface area contributed by atoms with Crippen LogP contribution in [0, 0.1) is 13.8 Å². The summed E-state index contributed by atoms with van der Waals surface area (Å²) in [4.78, 5) is 0. The Balaban J connectivity index is 0.000000138. The third-order valence-electron chi connectivity index (χ3n) is 8.58. The van der Waals surface area contributed by atoms with Gasteiger partial charge in [-0.25, -0.2) is 0 Å². The first-order valence-corrected chi connectivity index (χ1v) is 14.2.